The molecule has 2 aliphatic heterocycles. The second kappa shape index (κ2) is 9.56. The van der Waals surface area contributed by atoms with Crippen LogP contribution in [0.25, 0.3) is 0 Å². The SMILES string of the molecule is O=C(NCC(N1CCNCC1)C(F)(F)F)c1ccc(N2CCCCCC2)nc1. The average Bonchev–Trinajstić information content (AvgIpc) is 2.97. The highest BCUT2D eigenvalue weighted by atomic mass is 19.4. The number of hydrogen-bond donors (Lipinski definition) is 2. The summed E-state index contributed by atoms with van der Waals surface area (Å²) in [6.07, 6.45) is 1.72. The van der Waals surface area contributed by atoms with E-state index in [9.17, 15) is 18.0 Å². The van der Waals surface area contributed by atoms with E-state index in [4.69, 9.17) is 0 Å². The summed E-state index contributed by atoms with van der Waals surface area (Å²) in [6, 6.07) is 1.73. The van der Waals surface area contributed by atoms with Crippen molar-refractivity contribution in [3.8, 4) is 0 Å². The summed E-state index contributed by atoms with van der Waals surface area (Å²) in [4.78, 5) is 20.3. The van der Waals surface area contributed by atoms with E-state index in [2.05, 4.69) is 20.5 Å². The monoisotopic (exact) mass is 399 g/mol. The maximum absolute atomic E-state index is 13.4. The summed E-state index contributed by atoms with van der Waals surface area (Å²) < 4.78 is 40.3. The molecule has 0 aromatic carbocycles. The van der Waals surface area contributed by atoms with Crippen LogP contribution in [0.3, 0.4) is 0 Å². The van der Waals surface area contributed by atoms with Crippen LogP contribution in [0, 0.1) is 0 Å². The number of aromatic nitrogens is 1. The van der Waals surface area contributed by atoms with Crippen LogP contribution < -0.4 is 15.5 Å². The van der Waals surface area contributed by atoms with Gasteiger partial charge in [0.25, 0.3) is 5.91 Å². The third kappa shape index (κ3) is 5.57. The van der Waals surface area contributed by atoms with Gasteiger partial charge in [-0.3, -0.25) is 9.69 Å². The molecule has 0 saturated carbocycles. The fourth-order valence-electron chi connectivity index (χ4n) is 3.74. The average molecular weight is 399 g/mol. The van der Waals surface area contributed by atoms with Crippen molar-refractivity contribution in [1.29, 1.82) is 0 Å². The Morgan fingerprint density at radius 2 is 1.79 bits per heavy atom. The minimum absolute atomic E-state index is 0.278. The van der Waals surface area contributed by atoms with E-state index in [-0.39, 0.29) is 5.56 Å². The van der Waals surface area contributed by atoms with Crippen LogP contribution in [0.5, 0.6) is 0 Å². The zero-order valence-electron chi connectivity index (χ0n) is 16.0. The third-order valence-electron chi connectivity index (χ3n) is 5.37. The summed E-state index contributed by atoms with van der Waals surface area (Å²) in [6.45, 7) is 3.08. The van der Waals surface area contributed by atoms with Crippen molar-refractivity contribution in [1.82, 2.24) is 20.5 Å². The standard InChI is InChI=1S/C19H28F3N5O/c20-19(21,22)16(26-11-7-23-8-12-26)14-25-18(28)15-5-6-17(24-13-15)27-9-3-1-2-4-10-27/h5-6,13,16,23H,1-4,7-12,14H2,(H,25,28). The van der Waals surface area contributed by atoms with Crippen LogP contribution in [0.4, 0.5) is 19.0 Å². The molecule has 0 spiro atoms. The molecule has 2 aliphatic rings. The molecule has 0 bridgehead atoms. The van der Waals surface area contributed by atoms with E-state index in [1.54, 1.807) is 12.1 Å². The molecule has 1 aromatic heterocycles. The van der Waals surface area contributed by atoms with E-state index in [0.29, 0.717) is 26.2 Å². The molecule has 1 aromatic rings. The first-order chi connectivity index (χ1) is 13.4. The maximum atomic E-state index is 13.4. The van der Waals surface area contributed by atoms with Gasteiger partial charge in [-0.05, 0) is 25.0 Å². The lowest BCUT2D eigenvalue weighted by atomic mass is 10.2. The van der Waals surface area contributed by atoms with Gasteiger partial charge in [0.2, 0.25) is 0 Å². The summed E-state index contributed by atoms with van der Waals surface area (Å²) in [7, 11) is 0. The minimum atomic E-state index is -4.39. The zero-order valence-corrected chi connectivity index (χ0v) is 16.0. The Bertz CT molecular complexity index is 623. The maximum Gasteiger partial charge on any atom is 0.405 e. The molecule has 156 valence electrons. The number of anilines is 1. The van der Waals surface area contributed by atoms with Gasteiger partial charge >= 0.3 is 6.18 Å². The number of carbonyl (C=O) groups is 1. The van der Waals surface area contributed by atoms with Crippen molar-refractivity contribution in [3.05, 3.63) is 23.9 Å². The van der Waals surface area contributed by atoms with Crippen molar-refractivity contribution in [2.75, 3.05) is 50.7 Å². The predicted octanol–water partition coefficient (Wildman–Crippen LogP) is 2.03. The molecular weight excluding hydrogens is 371 g/mol. The van der Waals surface area contributed by atoms with Crippen LogP contribution in [-0.2, 0) is 0 Å². The number of nitrogens with one attached hydrogen (secondary N) is 2. The number of amides is 1. The van der Waals surface area contributed by atoms with Gasteiger partial charge in [0, 0.05) is 52.0 Å². The third-order valence-corrected chi connectivity index (χ3v) is 5.37. The van der Waals surface area contributed by atoms with Crippen molar-refractivity contribution in [2.45, 2.75) is 37.9 Å². The molecule has 2 fully saturated rings. The van der Waals surface area contributed by atoms with Crippen LogP contribution in [0.1, 0.15) is 36.0 Å². The summed E-state index contributed by atoms with van der Waals surface area (Å²) in [5.74, 6) is 0.284. The highest BCUT2D eigenvalue weighted by Gasteiger charge is 2.43. The van der Waals surface area contributed by atoms with Crippen LogP contribution in [0.2, 0.25) is 0 Å². The molecule has 3 heterocycles. The van der Waals surface area contributed by atoms with Crippen molar-refractivity contribution >= 4 is 11.7 Å². The van der Waals surface area contributed by atoms with E-state index in [1.807, 2.05) is 0 Å². The Labute approximate surface area is 163 Å². The second-order valence-electron chi connectivity index (χ2n) is 7.36. The van der Waals surface area contributed by atoms with Crippen LogP contribution >= 0.6 is 0 Å². The number of halogens is 3. The van der Waals surface area contributed by atoms with Gasteiger partial charge in [0.15, 0.2) is 0 Å². The van der Waals surface area contributed by atoms with Gasteiger partial charge in [-0.15, -0.1) is 0 Å². The molecule has 0 aliphatic carbocycles. The number of piperazine rings is 1. The van der Waals surface area contributed by atoms with Crippen LogP contribution in [-0.4, -0.2) is 73.8 Å². The summed E-state index contributed by atoms with van der Waals surface area (Å²) in [5.41, 5.74) is 0.278. The van der Waals surface area contributed by atoms with Crippen molar-refractivity contribution in [3.63, 3.8) is 0 Å². The molecule has 1 amide bonds. The van der Waals surface area contributed by atoms with E-state index < -0.39 is 24.7 Å². The van der Waals surface area contributed by atoms with E-state index in [1.165, 1.54) is 23.9 Å². The summed E-state index contributed by atoms with van der Waals surface area (Å²) >= 11 is 0. The van der Waals surface area contributed by atoms with Gasteiger partial charge in [-0.2, -0.15) is 13.2 Å². The number of pyridine rings is 1. The van der Waals surface area contributed by atoms with Gasteiger partial charge in [0.05, 0.1) is 5.56 Å². The topological polar surface area (TPSA) is 60.5 Å². The Balaban J connectivity index is 1.58. The molecule has 3 rings (SSSR count). The summed E-state index contributed by atoms with van der Waals surface area (Å²) in [5, 5.41) is 5.48. The fraction of sp³-hybridized carbons (Fsp3) is 0.684. The molecule has 1 unspecified atom stereocenters. The van der Waals surface area contributed by atoms with Crippen molar-refractivity contribution in [2.24, 2.45) is 0 Å². The Kier molecular flexibility index (Phi) is 7.12. The van der Waals surface area contributed by atoms with Crippen LogP contribution in [0.15, 0.2) is 18.3 Å². The van der Waals surface area contributed by atoms with Gasteiger partial charge in [0.1, 0.15) is 11.9 Å². The lowest BCUT2D eigenvalue weighted by Gasteiger charge is -2.35. The molecule has 6 nitrogen and oxygen atoms in total. The highest BCUT2D eigenvalue weighted by Crippen LogP contribution is 2.25. The van der Waals surface area contributed by atoms with Gasteiger partial charge < -0.3 is 15.5 Å². The predicted molar refractivity (Wildman–Crippen MR) is 102 cm³/mol. The second-order valence-corrected chi connectivity index (χ2v) is 7.36. The fourth-order valence-corrected chi connectivity index (χ4v) is 3.74. The zero-order chi connectivity index (χ0) is 20.0. The number of rotatable bonds is 5. The Morgan fingerprint density at radius 1 is 1.11 bits per heavy atom. The van der Waals surface area contributed by atoms with E-state index in [0.717, 1.165) is 31.7 Å². The molecular formula is C19H28F3N5O. The smallest absolute Gasteiger partial charge is 0.357 e. The molecule has 1 atom stereocenters. The molecule has 28 heavy (non-hydrogen) atoms. The Hall–Kier alpha value is -1.87. The largest absolute Gasteiger partial charge is 0.405 e. The number of hydrogen-bond acceptors (Lipinski definition) is 5. The first-order valence-corrected chi connectivity index (χ1v) is 9.96. The number of nitrogens with zero attached hydrogens (tertiary/aromatic N) is 3. The molecule has 0 radical (unpaired) electrons. The quantitative estimate of drug-likeness (QED) is 0.794. The molecule has 2 saturated heterocycles. The minimum Gasteiger partial charge on any atom is -0.357 e. The number of alkyl halides is 3. The van der Waals surface area contributed by atoms with Gasteiger partial charge in [-0.1, -0.05) is 12.8 Å². The Morgan fingerprint density at radius 3 is 2.36 bits per heavy atom. The first-order valence-electron chi connectivity index (χ1n) is 9.96. The lowest BCUT2D eigenvalue weighted by molar-refractivity contribution is -0.183. The molecule has 2 N–H and O–H groups in total. The number of carbonyl (C=O) groups excluding carboxylic acids is 1. The lowest BCUT2D eigenvalue weighted by Crippen LogP contribution is -2.57. The molecule has 9 heteroatoms. The normalized spacial score (nSPS) is 20.5. The van der Waals surface area contributed by atoms with E-state index >= 15 is 0 Å². The van der Waals surface area contributed by atoms with Crippen molar-refractivity contribution < 1.29 is 18.0 Å². The first kappa shape index (κ1) is 20.9. The van der Waals surface area contributed by atoms with Gasteiger partial charge in [-0.25, -0.2) is 4.98 Å². The highest BCUT2D eigenvalue weighted by molar-refractivity contribution is 5.94.